The molecule has 0 fully saturated rings. The van der Waals surface area contributed by atoms with Gasteiger partial charge in [0.1, 0.15) is 0 Å². The second kappa shape index (κ2) is 24.9. The average molecular weight is 336 g/mol. The molecule has 0 aliphatic carbocycles. The number of alkyl halides is 4. The average Bonchev–Trinajstić information content (AvgIpc) is 2.21. The van der Waals surface area contributed by atoms with Crippen molar-refractivity contribution in [3.8, 4) is 0 Å². The second-order valence-corrected chi connectivity index (χ2v) is 5.94. The normalized spacial score (nSPS) is 8.80. The Balaban J connectivity index is -0.000000180. The molecule has 0 saturated heterocycles. The summed E-state index contributed by atoms with van der Waals surface area (Å²) in [5.74, 6) is 7.04. The largest absolute Gasteiger partial charge is 0.412 e. The predicted molar refractivity (Wildman–Crippen MR) is 81.1 cm³/mol. The van der Waals surface area contributed by atoms with Crippen molar-refractivity contribution in [2.75, 3.05) is 46.5 Å². The Bertz CT molecular complexity index is 73.0. The molecule has 0 aromatic rings. The van der Waals surface area contributed by atoms with Crippen molar-refractivity contribution in [3.05, 3.63) is 0 Å². The maximum Gasteiger partial charge on any atom is 0.0314 e. The molecule has 0 aliphatic rings. The monoisotopic (exact) mass is 334 g/mol. The molecule has 0 rings (SSSR count). The zero-order valence-corrected chi connectivity index (χ0v) is 13.1. The third kappa shape index (κ3) is 31.3. The molecule has 0 heterocycles. The van der Waals surface area contributed by atoms with E-state index in [1.807, 2.05) is 0 Å². The molecule has 2 N–H and O–H groups in total. The Morgan fingerprint density at radius 1 is 0.533 bits per heavy atom. The summed E-state index contributed by atoms with van der Waals surface area (Å²) in [5.41, 5.74) is 0. The fourth-order valence-electron chi connectivity index (χ4n) is 0.422. The van der Waals surface area contributed by atoms with Gasteiger partial charge in [-0.1, -0.05) is 0 Å². The predicted octanol–water partition coefficient (Wildman–Crippen LogP) is 3.57. The van der Waals surface area contributed by atoms with E-state index in [2.05, 4.69) is 0 Å². The molecule has 0 unspecified atom stereocenters. The smallest absolute Gasteiger partial charge is 0.0314 e. The molecule has 0 bridgehead atoms. The van der Waals surface area contributed by atoms with Crippen LogP contribution < -0.4 is 0 Å². The van der Waals surface area contributed by atoms with Crippen molar-refractivity contribution in [2.45, 2.75) is 0 Å². The molecule has 15 heavy (non-hydrogen) atoms. The third-order valence-corrected chi connectivity index (χ3v) is 4.51. The molecule has 0 radical (unpaired) electrons. The molecule has 7 heteroatoms. The van der Waals surface area contributed by atoms with Gasteiger partial charge in [0.2, 0.25) is 0 Å². The Hall–Kier alpha value is 1.82. The topological polar surface area (TPSA) is 31.5 Å². The molecule has 1 nitrogen and oxygen atoms in total. The molecule has 0 saturated carbocycles. The van der Waals surface area contributed by atoms with Gasteiger partial charge >= 0.3 is 0 Å². The summed E-state index contributed by atoms with van der Waals surface area (Å²) < 4.78 is 0. The summed E-state index contributed by atoms with van der Waals surface area (Å²) in [6, 6.07) is 0. The molecule has 0 aromatic carbocycles. The van der Waals surface area contributed by atoms with Crippen LogP contribution in [0.15, 0.2) is 0 Å². The Morgan fingerprint density at radius 2 is 0.733 bits per heavy atom. The van der Waals surface area contributed by atoms with E-state index in [0.29, 0.717) is 0 Å². The summed E-state index contributed by atoms with van der Waals surface area (Å²) in [6.45, 7) is 0. The number of rotatable bonds is 8. The minimum Gasteiger partial charge on any atom is -0.412 e. The standard InChI is InChI=1S/2C4H8Cl2S.H2O/c2*5-1-3-7-4-2-6;/h2*1-4H2;1H2. The van der Waals surface area contributed by atoms with Crippen LogP contribution in [0.1, 0.15) is 0 Å². The lowest BCUT2D eigenvalue weighted by atomic mass is 10.9. The molecule has 0 atom stereocenters. The van der Waals surface area contributed by atoms with Crippen LogP contribution in [0.3, 0.4) is 0 Å². The Kier molecular flexibility index (Phi) is 36.5. The van der Waals surface area contributed by atoms with Gasteiger partial charge in [-0.05, 0) is 0 Å². The minimum atomic E-state index is 0. The van der Waals surface area contributed by atoms with E-state index in [4.69, 9.17) is 46.4 Å². The van der Waals surface area contributed by atoms with Gasteiger partial charge in [-0.25, -0.2) is 0 Å². The molecule has 0 spiro atoms. The molecular formula is C8H18Cl4OS2. The van der Waals surface area contributed by atoms with E-state index in [9.17, 15) is 0 Å². The van der Waals surface area contributed by atoms with Crippen molar-refractivity contribution in [1.82, 2.24) is 0 Å². The second-order valence-electron chi connectivity index (χ2n) is 1.98. The van der Waals surface area contributed by atoms with E-state index < -0.39 is 0 Å². The van der Waals surface area contributed by atoms with Crippen LogP contribution in [0, 0.1) is 0 Å². The number of halogens is 4. The van der Waals surface area contributed by atoms with E-state index in [1.54, 1.807) is 23.5 Å². The van der Waals surface area contributed by atoms with Crippen LogP contribution >= 0.6 is 69.9 Å². The molecular weight excluding hydrogens is 318 g/mol. The van der Waals surface area contributed by atoms with Crippen LogP contribution in [-0.2, 0) is 0 Å². The quantitative estimate of drug-likeness (QED) is 0.501. The highest BCUT2D eigenvalue weighted by molar-refractivity contribution is 7.99. The maximum absolute atomic E-state index is 5.37. The van der Waals surface area contributed by atoms with Crippen LogP contribution in [0.5, 0.6) is 0 Å². The fourth-order valence-corrected chi connectivity index (χ4v) is 2.58. The lowest BCUT2D eigenvalue weighted by Crippen LogP contribution is -1.83. The summed E-state index contributed by atoms with van der Waals surface area (Å²) in [4.78, 5) is 0. The lowest BCUT2D eigenvalue weighted by Gasteiger charge is -1.89. The number of hydrogen-bond donors (Lipinski definition) is 0. The van der Waals surface area contributed by atoms with Crippen LogP contribution in [0.2, 0.25) is 0 Å². The highest BCUT2D eigenvalue weighted by Gasteiger charge is 1.82. The van der Waals surface area contributed by atoms with Crippen LogP contribution in [-0.4, -0.2) is 52.0 Å². The molecule has 0 aromatic heterocycles. The first-order valence-corrected chi connectivity index (χ1v) is 8.67. The first-order valence-electron chi connectivity index (χ1n) is 4.22. The Morgan fingerprint density at radius 3 is 0.867 bits per heavy atom. The Labute approximate surface area is 121 Å². The molecule has 0 aliphatic heterocycles. The highest BCUT2D eigenvalue weighted by atomic mass is 35.5. The summed E-state index contributed by atoms with van der Waals surface area (Å²) in [5, 5.41) is 0. The van der Waals surface area contributed by atoms with Crippen molar-refractivity contribution in [3.63, 3.8) is 0 Å². The fraction of sp³-hybridized carbons (Fsp3) is 1.00. The zero-order valence-electron chi connectivity index (χ0n) is 8.49. The van der Waals surface area contributed by atoms with Gasteiger partial charge in [-0.15, -0.1) is 46.4 Å². The highest BCUT2D eigenvalue weighted by Crippen LogP contribution is 2.00. The first kappa shape index (κ1) is 22.0. The van der Waals surface area contributed by atoms with E-state index in [1.165, 1.54) is 0 Å². The van der Waals surface area contributed by atoms with Crippen molar-refractivity contribution in [2.24, 2.45) is 0 Å². The van der Waals surface area contributed by atoms with Crippen LogP contribution in [0.25, 0.3) is 0 Å². The van der Waals surface area contributed by atoms with Gasteiger partial charge in [0, 0.05) is 46.5 Å². The maximum atomic E-state index is 5.37. The van der Waals surface area contributed by atoms with Gasteiger partial charge in [0.25, 0.3) is 0 Å². The SMILES string of the molecule is ClCCSCCCl.ClCCSCCCl.O. The van der Waals surface area contributed by atoms with Gasteiger partial charge in [0.05, 0.1) is 0 Å². The minimum absolute atomic E-state index is 0. The summed E-state index contributed by atoms with van der Waals surface area (Å²) in [7, 11) is 0. The van der Waals surface area contributed by atoms with Gasteiger partial charge in [-0.3, -0.25) is 0 Å². The van der Waals surface area contributed by atoms with Crippen molar-refractivity contribution < 1.29 is 5.48 Å². The third-order valence-electron chi connectivity index (χ3n) is 0.886. The van der Waals surface area contributed by atoms with Crippen molar-refractivity contribution in [1.29, 1.82) is 0 Å². The van der Waals surface area contributed by atoms with E-state index in [0.717, 1.165) is 46.5 Å². The lowest BCUT2D eigenvalue weighted by molar-refractivity contribution is 0.824. The summed E-state index contributed by atoms with van der Waals surface area (Å²) >= 11 is 25.1. The summed E-state index contributed by atoms with van der Waals surface area (Å²) in [6.07, 6.45) is 0. The zero-order chi connectivity index (χ0) is 11.1. The van der Waals surface area contributed by atoms with Gasteiger partial charge in [-0.2, -0.15) is 23.5 Å². The first-order chi connectivity index (χ1) is 6.83. The molecule has 0 amide bonds. The van der Waals surface area contributed by atoms with E-state index in [-0.39, 0.29) is 5.48 Å². The number of thioether (sulfide) groups is 2. The van der Waals surface area contributed by atoms with Gasteiger partial charge in [0.15, 0.2) is 0 Å². The number of hydrogen-bond acceptors (Lipinski definition) is 2. The van der Waals surface area contributed by atoms with Crippen LogP contribution in [0.4, 0.5) is 0 Å². The molecule has 96 valence electrons. The van der Waals surface area contributed by atoms with Gasteiger partial charge < -0.3 is 5.48 Å². The van der Waals surface area contributed by atoms with Crippen molar-refractivity contribution >= 4 is 69.9 Å². The van der Waals surface area contributed by atoms with E-state index >= 15 is 0 Å².